The van der Waals surface area contributed by atoms with Gasteiger partial charge in [-0.05, 0) is 13.0 Å². The number of primary amides is 1. The van der Waals surface area contributed by atoms with E-state index in [0.717, 1.165) is 5.56 Å². The number of carbonyl (C=O) groups excluding carboxylic acids is 1. The van der Waals surface area contributed by atoms with E-state index < -0.39 is 5.91 Å². The first-order valence-electron chi connectivity index (χ1n) is 4.31. The second-order valence-corrected chi connectivity index (χ2v) is 3.05. The number of nitrogens with one attached hydrogen (secondary N) is 1. The molecule has 2 aromatic rings. The quantitative estimate of drug-likeness (QED) is 0.732. The van der Waals surface area contributed by atoms with Crippen LogP contribution in [-0.4, -0.2) is 26.1 Å². The Morgan fingerprint density at radius 3 is 2.60 bits per heavy atom. The molecule has 0 saturated heterocycles. The van der Waals surface area contributed by atoms with Gasteiger partial charge in [0, 0.05) is 18.0 Å². The summed E-state index contributed by atoms with van der Waals surface area (Å²) in [6.45, 7) is 1.79. The molecule has 6 nitrogen and oxygen atoms in total. The molecule has 0 aromatic carbocycles. The van der Waals surface area contributed by atoms with Gasteiger partial charge in [-0.1, -0.05) is 0 Å². The van der Waals surface area contributed by atoms with Gasteiger partial charge in [0.25, 0.3) is 5.91 Å². The number of H-pyrrole nitrogens is 1. The molecule has 0 aliphatic rings. The lowest BCUT2D eigenvalue weighted by Crippen LogP contribution is -2.10. The van der Waals surface area contributed by atoms with Crippen LogP contribution in [0.15, 0.2) is 18.5 Å². The lowest BCUT2D eigenvalue weighted by atomic mass is 10.2. The maximum absolute atomic E-state index is 10.8. The van der Waals surface area contributed by atoms with Gasteiger partial charge in [0.1, 0.15) is 11.5 Å². The second kappa shape index (κ2) is 3.49. The van der Waals surface area contributed by atoms with E-state index in [0.29, 0.717) is 11.5 Å². The lowest BCUT2D eigenvalue weighted by Gasteiger charge is -1.94. The molecule has 0 fully saturated rings. The van der Waals surface area contributed by atoms with Crippen LogP contribution in [-0.2, 0) is 0 Å². The number of rotatable bonds is 2. The van der Waals surface area contributed by atoms with Crippen molar-refractivity contribution in [2.24, 2.45) is 5.73 Å². The highest BCUT2D eigenvalue weighted by Gasteiger charge is 2.07. The molecule has 0 unspecified atom stereocenters. The van der Waals surface area contributed by atoms with Crippen molar-refractivity contribution in [3.8, 4) is 11.3 Å². The highest BCUT2D eigenvalue weighted by Crippen LogP contribution is 2.14. The Balaban J connectivity index is 2.37. The van der Waals surface area contributed by atoms with Crippen LogP contribution in [0.25, 0.3) is 11.3 Å². The van der Waals surface area contributed by atoms with Crippen molar-refractivity contribution < 1.29 is 4.79 Å². The van der Waals surface area contributed by atoms with E-state index in [-0.39, 0.29) is 5.69 Å². The summed E-state index contributed by atoms with van der Waals surface area (Å²) in [4.78, 5) is 18.9. The molecule has 2 heterocycles. The first kappa shape index (κ1) is 9.32. The number of nitrogens with zero attached hydrogens (tertiary/aromatic N) is 3. The molecular weight excluding hydrogens is 194 g/mol. The molecule has 0 bridgehead atoms. The molecule has 0 aliphatic heterocycles. The largest absolute Gasteiger partial charge is 0.364 e. The van der Waals surface area contributed by atoms with E-state index in [9.17, 15) is 4.79 Å². The van der Waals surface area contributed by atoms with Gasteiger partial charge in [0.15, 0.2) is 0 Å². The van der Waals surface area contributed by atoms with E-state index in [1.54, 1.807) is 25.4 Å². The van der Waals surface area contributed by atoms with Gasteiger partial charge in [-0.15, -0.1) is 0 Å². The predicted octanol–water partition coefficient (Wildman–Crippen LogP) is 0.274. The Hall–Kier alpha value is -2.24. The average Bonchev–Trinajstić information content (AvgIpc) is 2.68. The Morgan fingerprint density at radius 2 is 2.07 bits per heavy atom. The highest BCUT2D eigenvalue weighted by molar-refractivity contribution is 5.91. The molecule has 1 amide bonds. The van der Waals surface area contributed by atoms with Crippen LogP contribution in [0, 0.1) is 6.92 Å². The summed E-state index contributed by atoms with van der Waals surface area (Å²) in [6, 6.07) is 1.57. The van der Waals surface area contributed by atoms with Crippen molar-refractivity contribution in [2.45, 2.75) is 6.92 Å². The first-order valence-corrected chi connectivity index (χ1v) is 4.31. The Labute approximate surface area is 85.6 Å². The Bertz CT molecular complexity index is 487. The van der Waals surface area contributed by atoms with Crippen molar-refractivity contribution in [2.75, 3.05) is 0 Å². The molecule has 2 rings (SSSR count). The number of hydrogen-bond donors (Lipinski definition) is 2. The van der Waals surface area contributed by atoms with Crippen LogP contribution in [0.3, 0.4) is 0 Å². The number of carbonyl (C=O) groups is 1. The minimum absolute atomic E-state index is 0.269. The minimum atomic E-state index is -0.540. The highest BCUT2D eigenvalue weighted by atomic mass is 16.1. The minimum Gasteiger partial charge on any atom is -0.364 e. The average molecular weight is 203 g/mol. The molecule has 15 heavy (non-hydrogen) atoms. The van der Waals surface area contributed by atoms with Gasteiger partial charge in [0.05, 0.1) is 5.69 Å². The fourth-order valence-electron chi connectivity index (χ4n) is 1.12. The summed E-state index contributed by atoms with van der Waals surface area (Å²) in [5, 5.41) is 6.47. The molecule has 0 saturated carbocycles. The third-order valence-electron chi connectivity index (χ3n) is 1.92. The summed E-state index contributed by atoms with van der Waals surface area (Å²) in [5.74, 6) is 0.145. The van der Waals surface area contributed by atoms with Gasteiger partial charge in [-0.25, -0.2) is 9.97 Å². The molecule has 6 heteroatoms. The molecule has 0 atom stereocenters. The summed E-state index contributed by atoms with van der Waals surface area (Å²) in [6.07, 6.45) is 3.28. The number of nitrogens with two attached hydrogens (primary N) is 1. The fourth-order valence-corrected chi connectivity index (χ4v) is 1.12. The molecule has 2 aromatic heterocycles. The van der Waals surface area contributed by atoms with Gasteiger partial charge in [-0.2, -0.15) is 5.10 Å². The topological polar surface area (TPSA) is 97.5 Å². The van der Waals surface area contributed by atoms with Crippen LogP contribution in [0.1, 0.15) is 16.3 Å². The molecule has 0 radical (unpaired) electrons. The zero-order valence-electron chi connectivity index (χ0n) is 8.06. The number of aromatic nitrogens is 4. The number of aromatic amines is 1. The van der Waals surface area contributed by atoms with Crippen molar-refractivity contribution in [3.05, 3.63) is 30.0 Å². The van der Waals surface area contributed by atoms with E-state index in [4.69, 9.17) is 5.73 Å². The van der Waals surface area contributed by atoms with Crippen LogP contribution < -0.4 is 5.73 Å². The van der Waals surface area contributed by atoms with Gasteiger partial charge in [0.2, 0.25) is 0 Å². The standard InChI is InChI=1S/C9H9N5O/c1-5-11-3-6(4-12-5)7-2-8(9(10)15)14-13-7/h2-4H,1H3,(H2,10,15)(H,13,14). The monoisotopic (exact) mass is 203 g/mol. The summed E-state index contributed by atoms with van der Waals surface area (Å²) < 4.78 is 0. The van der Waals surface area contributed by atoms with Crippen LogP contribution >= 0.6 is 0 Å². The predicted molar refractivity (Wildman–Crippen MR) is 52.9 cm³/mol. The smallest absolute Gasteiger partial charge is 0.266 e. The van der Waals surface area contributed by atoms with Crippen molar-refractivity contribution in [3.63, 3.8) is 0 Å². The van der Waals surface area contributed by atoms with E-state index >= 15 is 0 Å². The zero-order valence-corrected chi connectivity index (χ0v) is 8.06. The van der Waals surface area contributed by atoms with Crippen LogP contribution in [0.5, 0.6) is 0 Å². The van der Waals surface area contributed by atoms with Crippen molar-refractivity contribution >= 4 is 5.91 Å². The zero-order chi connectivity index (χ0) is 10.8. The molecule has 3 N–H and O–H groups in total. The Kier molecular flexibility index (Phi) is 2.17. The summed E-state index contributed by atoms with van der Waals surface area (Å²) in [7, 11) is 0. The number of aryl methyl sites for hydroxylation is 1. The van der Waals surface area contributed by atoms with Crippen LogP contribution in [0.2, 0.25) is 0 Å². The normalized spacial score (nSPS) is 10.2. The number of amides is 1. The molecule has 76 valence electrons. The SMILES string of the molecule is Cc1ncc(-c2cc(C(N)=O)[nH]n2)cn1. The van der Waals surface area contributed by atoms with Gasteiger partial charge >= 0.3 is 0 Å². The number of hydrogen-bond acceptors (Lipinski definition) is 4. The fraction of sp³-hybridized carbons (Fsp3) is 0.111. The third kappa shape index (κ3) is 1.83. The van der Waals surface area contributed by atoms with Gasteiger partial charge < -0.3 is 5.73 Å². The molecule has 0 spiro atoms. The van der Waals surface area contributed by atoms with E-state index in [2.05, 4.69) is 20.2 Å². The third-order valence-corrected chi connectivity index (χ3v) is 1.92. The van der Waals surface area contributed by atoms with Crippen molar-refractivity contribution in [1.82, 2.24) is 20.2 Å². The Morgan fingerprint density at radius 1 is 1.40 bits per heavy atom. The maximum Gasteiger partial charge on any atom is 0.266 e. The molecule has 0 aliphatic carbocycles. The van der Waals surface area contributed by atoms with E-state index in [1.807, 2.05) is 0 Å². The molecular formula is C9H9N5O. The van der Waals surface area contributed by atoms with Gasteiger partial charge in [-0.3, -0.25) is 9.89 Å². The van der Waals surface area contributed by atoms with Crippen LogP contribution in [0.4, 0.5) is 0 Å². The van der Waals surface area contributed by atoms with E-state index in [1.165, 1.54) is 0 Å². The lowest BCUT2D eigenvalue weighted by molar-refractivity contribution is 0.0995. The second-order valence-electron chi connectivity index (χ2n) is 3.05. The summed E-state index contributed by atoms with van der Waals surface area (Å²) in [5.41, 5.74) is 6.70. The summed E-state index contributed by atoms with van der Waals surface area (Å²) >= 11 is 0. The van der Waals surface area contributed by atoms with Crippen molar-refractivity contribution in [1.29, 1.82) is 0 Å². The maximum atomic E-state index is 10.8. The first-order chi connectivity index (χ1) is 7.16.